The van der Waals surface area contributed by atoms with Gasteiger partial charge in [-0.15, -0.1) is 0 Å². The second-order valence-electron chi connectivity index (χ2n) is 5.85. The van der Waals surface area contributed by atoms with E-state index >= 15 is 0 Å². The van der Waals surface area contributed by atoms with E-state index in [1.807, 2.05) is 27.7 Å². The molecule has 0 radical (unpaired) electrons. The van der Waals surface area contributed by atoms with Gasteiger partial charge in [0, 0.05) is 11.7 Å². The molecule has 0 saturated carbocycles. The maximum Gasteiger partial charge on any atom is 0.496 e. The molecule has 3 nitrogen and oxygen atoms in total. The van der Waals surface area contributed by atoms with Crippen molar-refractivity contribution < 1.29 is 18.1 Å². The maximum atomic E-state index is 12.6. The molecule has 0 amide bonds. The quantitative estimate of drug-likeness (QED) is 0.773. The number of hydrogen-bond donors (Lipinski definition) is 0. The zero-order valence-electron chi connectivity index (χ0n) is 11.8. The Kier molecular flexibility index (Phi) is 3.43. The molecule has 104 valence electrons. The van der Waals surface area contributed by atoms with E-state index in [-0.39, 0.29) is 5.69 Å². The maximum absolute atomic E-state index is 12.6. The molecule has 2 heterocycles. The highest BCUT2D eigenvalue weighted by Gasteiger charge is 2.52. The molecule has 1 aromatic rings. The predicted octanol–water partition coefficient (Wildman–Crippen LogP) is 2.63. The average Bonchev–Trinajstić information content (AvgIpc) is 2.47. The highest BCUT2D eigenvalue weighted by molar-refractivity contribution is 6.62. The predicted molar refractivity (Wildman–Crippen MR) is 69.6 cm³/mol. The highest BCUT2D eigenvalue weighted by atomic mass is 19.3. The van der Waals surface area contributed by atoms with Crippen LogP contribution in [0.4, 0.5) is 8.78 Å². The molecule has 1 fully saturated rings. The molecule has 1 aromatic heterocycles. The Morgan fingerprint density at radius 1 is 1.16 bits per heavy atom. The number of halogens is 2. The molecule has 0 aliphatic carbocycles. The fourth-order valence-corrected chi connectivity index (χ4v) is 1.92. The van der Waals surface area contributed by atoms with Gasteiger partial charge in [-0.05, 0) is 46.2 Å². The third-order valence-electron chi connectivity index (χ3n) is 3.90. The van der Waals surface area contributed by atoms with Gasteiger partial charge in [-0.2, -0.15) is 0 Å². The van der Waals surface area contributed by atoms with Gasteiger partial charge in [0.1, 0.15) is 5.69 Å². The summed E-state index contributed by atoms with van der Waals surface area (Å²) in [5.41, 5.74) is 0.265. The van der Waals surface area contributed by atoms with Crippen molar-refractivity contribution in [1.29, 1.82) is 0 Å². The summed E-state index contributed by atoms with van der Waals surface area (Å²) in [5.74, 6) is 0. The number of hydrogen-bond acceptors (Lipinski definition) is 3. The first-order valence-corrected chi connectivity index (χ1v) is 6.24. The number of pyridine rings is 1. The molecule has 19 heavy (non-hydrogen) atoms. The van der Waals surface area contributed by atoms with Crippen LogP contribution < -0.4 is 5.46 Å². The van der Waals surface area contributed by atoms with Crippen LogP contribution in [0.1, 0.15) is 45.4 Å². The minimum absolute atomic E-state index is 0.224. The Balaban J connectivity index is 2.30. The smallest absolute Gasteiger partial charge is 0.399 e. The van der Waals surface area contributed by atoms with Gasteiger partial charge in [-0.3, -0.25) is 4.98 Å². The van der Waals surface area contributed by atoms with Crippen molar-refractivity contribution in [3.05, 3.63) is 23.5 Å². The lowest BCUT2D eigenvalue weighted by Gasteiger charge is -2.32. The number of aromatic nitrogens is 1. The Labute approximate surface area is 112 Å². The van der Waals surface area contributed by atoms with Crippen molar-refractivity contribution in [2.75, 3.05) is 0 Å². The van der Waals surface area contributed by atoms with Crippen molar-refractivity contribution in [1.82, 2.24) is 4.98 Å². The molecule has 6 heteroatoms. The minimum Gasteiger partial charge on any atom is -0.399 e. The minimum atomic E-state index is -2.56. The first-order chi connectivity index (χ1) is 8.64. The Hall–Kier alpha value is -1.01. The first kappa shape index (κ1) is 14.4. The van der Waals surface area contributed by atoms with Crippen LogP contribution in [-0.2, 0) is 9.31 Å². The molecular weight excluding hydrogens is 251 g/mol. The summed E-state index contributed by atoms with van der Waals surface area (Å²) in [5, 5.41) is 0. The van der Waals surface area contributed by atoms with E-state index in [2.05, 4.69) is 4.98 Å². The van der Waals surface area contributed by atoms with Crippen molar-refractivity contribution in [3.63, 3.8) is 0 Å². The van der Waals surface area contributed by atoms with Gasteiger partial charge >= 0.3 is 7.12 Å². The summed E-state index contributed by atoms with van der Waals surface area (Å²) in [6.45, 7) is 9.55. The van der Waals surface area contributed by atoms with E-state index in [4.69, 9.17) is 9.31 Å². The molecule has 1 aliphatic heterocycles. The van der Waals surface area contributed by atoms with Crippen molar-refractivity contribution >= 4 is 12.6 Å². The van der Waals surface area contributed by atoms with Crippen LogP contribution in [0.15, 0.2) is 12.3 Å². The molecule has 0 atom stereocenters. The summed E-state index contributed by atoms with van der Waals surface area (Å²) in [6, 6.07) is 1.38. The summed E-state index contributed by atoms with van der Waals surface area (Å²) >= 11 is 0. The zero-order valence-corrected chi connectivity index (χ0v) is 11.8. The molecule has 2 rings (SSSR count). The van der Waals surface area contributed by atoms with Crippen molar-refractivity contribution in [2.45, 2.75) is 52.2 Å². The molecule has 0 N–H and O–H groups in total. The summed E-state index contributed by atoms with van der Waals surface area (Å²) in [7, 11) is -0.566. The topological polar surface area (TPSA) is 31.4 Å². The van der Waals surface area contributed by atoms with Gasteiger partial charge in [0.05, 0.1) is 11.2 Å². The number of rotatable bonds is 2. The Morgan fingerprint density at radius 2 is 1.68 bits per heavy atom. The lowest BCUT2D eigenvalue weighted by atomic mass is 9.77. The molecule has 0 bridgehead atoms. The fraction of sp³-hybridized carbons (Fsp3) is 0.615. The van der Waals surface area contributed by atoms with Crippen LogP contribution in [0.2, 0.25) is 0 Å². The normalized spacial score (nSPS) is 21.2. The van der Waals surface area contributed by atoms with Gasteiger partial charge < -0.3 is 9.31 Å². The molecular formula is C13H18BF2NO2. The van der Waals surface area contributed by atoms with E-state index in [9.17, 15) is 8.78 Å². The van der Waals surface area contributed by atoms with Gasteiger partial charge in [0.15, 0.2) is 0 Å². The van der Waals surface area contributed by atoms with Crippen LogP contribution >= 0.6 is 0 Å². The molecule has 1 saturated heterocycles. The zero-order chi connectivity index (χ0) is 14.4. The largest absolute Gasteiger partial charge is 0.496 e. The number of alkyl halides is 2. The monoisotopic (exact) mass is 269 g/mol. The second-order valence-corrected chi connectivity index (χ2v) is 5.85. The standard InChI is InChI=1S/C13H18BF2NO2/c1-8-6-10(11(15)16)17-7-9(8)14-18-12(2,3)13(4,5)19-14/h6-7,11H,1-5H3. The van der Waals surface area contributed by atoms with Gasteiger partial charge in [0.25, 0.3) is 6.43 Å². The van der Waals surface area contributed by atoms with Gasteiger partial charge in [-0.25, -0.2) is 8.78 Å². The van der Waals surface area contributed by atoms with Crippen molar-refractivity contribution in [2.24, 2.45) is 0 Å². The number of nitrogens with zero attached hydrogens (tertiary/aromatic N) is 1. The Morgan fingerprint density at radius 3 is 2.11 bits per heavy atom. The lowest BCUT2D eigenvalue weighted by molar-refractivity contribution is 0.00578. The lowest BCUT2D eigenvalue weighted by Crippen LogP contribution is -2.41. The average molecular weight is 269 g/mol. The summed E-state index contributed by atoms with van der Waals surface area (Å²) < 4.78 is 36.9. The van der Waals surface area contributed by atoms with Crippen LogP contribution in [0.25, 0.3) is 0 Å². The number of aryl methyl sites for hydroxylation is 1. The highest BCUT2D eigenvalue weighted by Crippen LogP contribution is 2.36. The molecule has 0 aromatic carbocycles. The third kappa shape index (κ3) is 2.51. The van der Waals surface area contributed by atoms with Crippen LogP contribution in [0.5, 0.6) is 0 Å². The first-order valence-electron chi connectivity index (χ1n) is 6.24. The SMILES string of the molecule is Cc1cc(C(F)F)ncc1B1OC(C)(C)C(C)(C)O1. The second kappa shape index (κ2) is 4.53. The van der Waals surface area contributed by atoms with Crippen LogP contribution in [0, 0.1) is 6.92 Å². The van der Waals surface area contributed by atoms with Crippen LogP contribution in [0.3, 0.4) is 0 Å². The van der Waals surface area contributed by atoms with E-state index in [0.717, 1.165) is 0 Å². The van der Waals surface area contributed by atoms with E-state index in [1.54, 1.807) is 6.92 Å². The Bertz CT molecular complexity index is 476. The van der Waals surface area contributed by atoms with E-state index in [0.29, 0.717) is 11.0 Å². The van der Waals surface area contributed by atoms with Crippen LogP contribution in [-0.4, -0.2) is 23.3 Å². The van der Waals surface area contributed by atoms with Gasteiger partial charge in [0.2, 0.25) is 0 Å². The fourth-order valence-electron chi connectivity index (χ4n) is 1.92. The third-order valence-corrected chi connectivity index (χ3v) is 3.90. The molecule has 1 aliphatic rings. The molecule has 0 spiro atoms. The van der Waals surface area contributed by atoms with E-state index < -0.39 is 24.7 Å². The van der Waals surface area contributed by atoms with Gasteiger partial charge in [-0.1, -0.05) is 0 Å². The summed E-state index contributed by atoms with van der Waals surface area (Å²) in [6.07, 6.45) is -1.15. The van der Waals surface area contributed by atoms with E-state index in [1.165, 1.54) is 12.3 Å². The summed E-state index contributed by atoms with van der Waals surface area (Å²) in [4.78, 5) is 3.77. The van der Waals surface area contributed by atoms with Crippen molar-refractivity contribution in [3.8, 4) is 0 Å². The molecule has 0 unspecified atom stereocenters.